The first-order chi connectivity index (χ1) is 8.20. The van der Waals surface area contributed by atoms with Crippen molar-refractivity contribution in [2.75, 3.05) is 6.54 Å². The number of halogens is 1. The molecule has 0 radical (unpaired) electrons. The lowest BCUT2D eigenvalue weighted by atomic mass is 10.2. The lowest BCUT2D eigenvalue weighted by Crippen LogP contribution is -2.12. The van der Waals surface area contributed by atoms with Gasteiger partial charge in [0.2, 0.25) is 0 Å². The van der Waals surface area contributed by atoms with Crippen molar-refractivity contribution in [1.82, 2.24) is 20.1 Å². The van der Waals surface area contributed by atoms with Crippen LogP contribution in [0.3, 0.4) is 0 Å². The number of nitrogens with zero attached hydrogens (tertiary/aromatic N) is 3. The Balaban J connectivity index is 2.25. The molecule has 2 rings (SSSR count). The van der Waals surface area contributed by atoms with Gasteiger partial charge in [0.05, 0.1) is 17.4 Å². The summed E-state index contributed by atoms with van der Waals surface area (Å²) in [5.41, 5.74) is 2.26. The third kappa shape index (κ3) is 2.84. The predicted molar refractivity (Wildman–Crippen MR) is 68.5 cm³/mol. The number of hydrogen-bond acceptors (Lipinski definition) is 3. The van der Waals surface area contributed by atoms with Gasteiger partial charge in [-0.1, -0.05) is 18.5 Å². The molecule has 0 aliphatic rings. The summed E-state index contributed by atoms with van der Waals surface area (Å²) in [6.45, 7) is 5.90. The zero-order valence-corrected chi connectivity index (χ0v) is 10.7. The molecule has 90 valence electrons. The van der Waals surface area contributed by atoms with Gasteiger partial charge in [0.15, 0.2) is 5.82 Å². The van der Waals surface area contributed by atoms with E-state index in [0.29, 0.717) is 5.02 Å². The van der Waals surface area contributed by atoms with E-state index in [4.69, 9.17) is 11.6 Å². The van der Waals surface area contributed by atoms with Gasteiger partial charge in [0.25, 0.3) is 0 Å². The van der Waals surface area contributed by atoms with Crippen molar-refractivity contribution in [2.45, 2.75) is 20.4 Å². The highest BCUT2D eigenvalue weighted by Crippen LogP contribution is 2.14. The van der Waals surface area contributed by atoms with Crippen molar-refractivity contribution in [2.24, 2.45) is 0 Å². The fourth-order valence-corrected chi connectivity index (χ4v) is 1.78. The van der Waals surface area contributed by atoms with E-state index in [2.05, 4.69) is 28.4 Å². The fourth-order valence-electron chi connectivity index (χ4n) is 1.65. The number of aryl methyl sites for hydroxylation is 1. The molecule has 0 aromatic carbocycles. The van der Waals surface area contributed by atoms with Gasteiger partial charge in [-0.25, -0.2) is 9.67 Å². The fraction of sp³-hybridized carbons (Fsp3) is 0.333. The minimum atomic E-state index is 0.614. The Hall–Kier alpha value is -1.39. The van der Waals surface area contributed by atoms with Crippen LogP contribution in [0.1, 0.15) is 18.1 Å². The summed E-state index contributed by atoms with van der Waals surface area (Å²) in [6, 6.07) is 2.11. The van der Waals surface area contributed by atoms with E-state index < -0.39 is 0 Å². The third-order valence-corrected chi connectivity index (χ3v) is 2.65. The summed E-state index contributed by atoms with van der Waals surface area (Å²) < 4.78 is 1.69. The van der Waals surface area contributed by atoms with Crippen LogP contribution in [0.5, 0.6) is 0 Å². The molecule has 0 saturated heterocycles. The highest BCUT2D eigenvalue weighted by atomic mass is 35.5. The SMILES string of the molecule is CCNCc1cnc(-n2cc(Cl)cn2)c(C)c1. The molecule has 17 heavy (non-hydrogen) atoms. The average molecular weight is 251 g/mol. The molecule has 0 atom stereocenters. The molecule has 2 aromatic rings. The summed E-state index contributed by atoms with van der Waals surface area (Å²) in [5.74, 6) is 0.817. The Morgan fingerprint density at radius 3 is 2.82 bits per heavy atom. The topological polar surface area (TPSA) is 42.7 Å². The van der Waals surface area contributed by atoms with Crippen molar-refractivity contribution in [3.05, 3.63) is 40.8 Å². The van der Waals surface area contributed by atoms with E-state index >= 15 is 0 Å². The molecule has 0 bridgehead atoms. The number of rotatable bonds is 4. The number of nitrogens with one attached hydrogen (secondary N) is 1. The van der Waals surface area contributed by atoms with Crippen molar-refractivity contribution in [1.29, 1.82) is 0 Å². The molecular weight excluding hydrogens is 236 g/mol. The quantitative estimate of drug-likeness (QED) is 0.906. The van der Waals surface area contributed by atoms with Gasteiger partial charge in [-0.15, -0.1) is 0 Å². The van der Waals surface area contributed by atoms with Crippen LogP contribution in [-0.4, -0.2) is 21.3 Å². The highest BCUT2D eigenvalue weighted by molar-refractivity contribution is 6.30. The summed E-state index contributed by atoms with van der Waals surface area (Å²) in [5, 5.41) is 8.03. The molecule has 0 aliphatic carbocycles. The maximum atomic E-state index is 5.84. The zero-order valence-electron chi connectivity index (χ0n) is 9.94. The molecule has 0 saturated carbocycles. The molecule has 2 heterocycles. The molecule has 0 aliphatic heterocycles. The molecular formula is C12H15ClN4. The van der Waals surface area contributed by atoms with Crippen LogP contribution >= 0.6 is 11.6 Å². The smallest absolute Gasteiger partial charge is 0.156 e. The standard InChI is InChI=1S/C12H15ClN4/c1-3-14-5-10-4-9(2)12(15-6-10)17-8-11(13)7-16-17/h4,6-8,14H,3,5H2,1-2H3. The third-order valence-electron chi connectivity index (χ3n) is 2.45. The summed E-state index contributed by atoms with van der Waals surface area (Å²) in [7, 11) is 0. The Kier molecular flexibility index (Phi) is 3.76. The van der Waals surface area contributed by atoms with Crippen molar-refractivity contribution >= 4 is 11.6 Å². The number of hydrogen-bond donors (Lipinski definition) is 1. The first-order valence-electron chi connectivity index (χ1n) is 5.57. The van der Waals surface area contributed by atoms with E-state index in [1.807, 2.05) is 13.1 Å². The Bertz CT molecular complexity index is 507. The summed E-state index contributed by atoms with van der Waals surface area (Å²) >= 11 is 5.84. The number of aromatic nitrogens is 3. The molecule has 0 amide bonds. The molecule has 5 heteroatoms. The van der Waals surface area contributed by atoms with E-state index in [-0.39, 0.29) is 0 Å². The van der Waals surface area contributed by atoms with Crippen LogP contribution in [0.25, 0.3) is 5.82 Å². The second kappa shape index (κ2) is 5.29. The Labute approximate surface area is 106 Å². The Morgan fingerprint density at radius 1 is 1.41 bits per heavy atom. The van der Waals surface area contributed by atoms with Crippen molar-refractivity contribution < 1.29 is 0 Å². The molecule has 0 unspecified atom stereocenters. The monoisotopic (exact) mass is 250 g/mol. The van der Waals surface area contributed by atoms with Crippen LogP contribution in [0.4, 0.5) is 0 Å². The van der Waals surface area contributed by atoms with Gasteiger partial charge >= 0.3 is 0 Å². The number of pyridine rings is 1. The summed E-state index contributed by atoms with van der Waals surface area (Å²) in [4.78, 5) is 4.42. The molecule has 2 aromatic heterocycles. The van der Waals surface area contributed by atoms with E-state index in [9.17, 15) is 0 Å². The molecule has 1 N–H and O–H groups in total. The van der Waals surface area contributed by atoms with Gasteiger partial charge in [0.1, 0.15) is 0 Å². The predicted octanol–water partition coefficient (Wildman–Crippen LogP) is 2.34. The maximum absolute atomic E-state index is 5.84. The van der Waals surface area contributed by atoms with E-state index in [1.54, 1.807) is 17.1 Å². The van der Waals surface area contributed by atoms with Gasteiger partial charge < -0.3 is 5.32 Å². The minimum absolute atomic E-state index is 0.614. The van der Waals surface area contributed by atoms with E-state index in [1.165, 1.54) is 5.56 Å². The minimum Gasteiger partial charge on any atom is -0.313 e. The van der Waals surface area contributed by atoms with Crippen LogP contribution < -0.4 is 5.32 Å². The normalized spacial score (nSPS) is 10.8. The van der Waals surface area contributed by atoms with Crippen molar-refractivity contribution in [3.63, 3.8) is 0 Å². The highest BCUT2D eigenvalue weighted by Gasteiger charge is 2.05. The van der Waals surface area contributed by atoms with Crippen LogP contribution in [0, 0.1) is 6.92 Å². The second-order valence-electron chi connectivity index (χ2n) is 3.87. The van der Waals surface area contributed by atoms with Crippen LogP contribution in [-0.2, 0) is 6.54 Å². The molecule has 0 fully saturated rings. The molecule has 4 nitrogen and oxygen atoms in total. The summed E-state index contributed by atoms with van der Waals surface area (Å²) in [6.07, 6.45) is 5.22. The van der Waals surface area contributed by atoms with E-state index in [0.717, 1.165) is 24.5 Å². The van der Waals surface area contributed by atoms with Crippen LogP contribution in [0.2, 0.25) is 5.02 Å². The van der Waals surface area contributed by atoms with Gasteiger partial charge in [-0.2, -0.15) is 5.10 Å². The zero-order chi connectivity index (χ0) is 12.3. The largest absolute Gasteiger partial charge is 0.313 e. The lowest BCUT2D eigenvalue weighted by molar-refractivity contribution is 0.721. The average Bonchev–Trinajstić information content (AvgIpc) is 2.73. The molecule has 0 spiro atoms. The van der Waals surface area contributed by atoms with Crippen LogP contribution in [0.15, 0.2) is 24.7 Å². The first-order valence-corrected chi connectivity index (χ1v) is 5.95. The lowest BCUT2D eigenvalue weighted by Gasteiger charge is -2.07. The first kappa shape index (κ1) is 12.1. The van der Waals surface area contributed by atoms with Gasteiger partial charge in [0, 0.05) is 12.7 Å². The second-order valence-corrected chi connectivity index (χ2v) is 4.30. The Morgan fingerprint density at radius 2 is 2.24 bits per heavy atom. The van der Waals surface area contributed by atoms with Crippen molar-refractivity contribution in [3.8, 4) is 5.82 Å². The maximum Gasteiger partial charge on any atom is 0.156 e. The van der Waals surface area contributed by atoms with Gasteiger partial charge in [-0.05, 0) is 30.7 Å². The van der Waals surface area contributed by atoms with Gasteiger partial charge in [-0.3, -0.25) is 0 Å².